The number of fused-ring (bicyclic) bond motifs is 1. The summed E-state index contributed by atoms with van der Waals surface area (Å²) in [7, 11) is 2.11. The Hall–Kier alpha value is -1.28. The molecular weight excluding hydrogens is 196 g/mol. The van der Waals surface area contributed by atoms with Gasteiger partial charge in [-0.1, -0.05) is 13.0 Å². The van der Waals surface area contributed by atoms with Crippen LogP contribution < -0.4 is 5.73 Å². The fourth-order valence-electron chi connectivity index (χ4n) is 2.23. The molecule has 0 amide bonds. The summed E-state index contributed by atoms with van der Waals surface area (Å²) in [6, 6.07) is 8.98. The Balaban J connectivity index is 2.44. The smallest absolute Gasteiger partial charge is 0.0479 e. The zero-order valence-electron chi connectivity index (χ0n) is 10.3. The number of nitrogens with two attached hydrogens (primary N) is 1. The summed E-state index contributed by atoms with van der Waals surface area (Å²) in [6.45, 7) is 5.14. The van der Waals surface area contributed by atoms with Crippen molar-refractivity contribution < 1.29 is 0 Å². The van der Waals surface area contributed by atoms with Crippen LogP contribution in [0.2, 0.25) is 0 Å². The van der Waals surface area contributed by atoms with E-state index >= 15 is 0 Å². The third-order valence-electron chi connectivity index (χ3n) is 3.48. The molecule has 0 saturated heterocycles. The van der Waals surface area contributed by atoms with E-state index in [1.165, 1.54) is 22.2 Å². The summed E-state index contributed by atoms with van der Waals surface area (Å²) in [6.07, 6.45) is 1.05. The predicted molar refractivity (Wildman–Crippen MR) is 69.7 cm³/mol. The molecular formula is C14H20N2. The molecule has 0 fully saturated rings. The number of hydrogen-bond donors (Lipinski definition) is 1. The van der Waals surface area contributed by atoms with Crippen molar-refractivity contribution in [2.24, 2.45) is 12.8 Å². The molecule has 0 bridgehead atoms. The van der Waals surface area contributed by atoms with Gasteiger partial charge in [0.15, 0.2) is 0 Å². The van der Waals surface area contributed by atoms with Crippen LogP contribution in [0.15, 0.2) is 24.3 Å². The van der Waals surface area contributed by atoms with Crippen LogP contribution in [-0.4, -0.2) is 11.1 Å². The summed E-state index contributed by atoms with van der Waals surface area (Å²) >= 11 is 0. The van der Waals surface area contributed by atoms with Crippen molar-refractivity contribution in [3.05, 3.63) is 35.5 Å². The first-order valence-corrected chi connectivity index (χ1v) is 5.89. The second-order valence-corrected chi connectivity index (χ2v) is 4.64. The Morgan fingerprint density at radius 2 is 2.06 bits per heavy atom. The Labute approximate surface area is 97.1 Å². The lowest BCUT2D eigenvalue weighted by Gasteiger charge is -2.10. The van der Waals surface area contributed by atoms with Crippen LogP contribution in [0.4, 0.5) is 0 Å². The van der Waals surface area contributed by atoms with Crippen LogP contribution in [0, 0.1) is 6.92 Å². The zero-order chi connectivity index (χ0) is 11.7. The average Bonchev–Trinajstić information content (AvgIpc) is 2.55. The van der Waals surface area contributed by atoms with Gasteiger partial charge in [-0.05, 0) is 49.6 Å². The Morgan fingerprint density at radius 1 is 1.31 bits per heavy atom. The number of nitrogens with zero attached hydrogens (tertiary/aromatic N) is 1. The minimum absolute atomic E-state index is 0.551. The Kier molecular flexibility index (Phi) is 3.01. The molecule has 0 radical (unpaired) electrons. The highest BCUT2D eigenvalue weighted by Crippen LogP contribution is 2.25. The average molecular weight is 216 g/mol. The Morgan fingerprint density at radius 3 is 2.75 bits per heavy atom. The monoisotopic (exact) mass is 216 g/mol. The molecule has 0 aliphatic heterocycles. The van der Waals surface area contributed by atoms with E-state index in [0.29, 0.717) is 5.92 Å². The lowest BCUT2D eigenvalue weighted by atomic mass is 9.97. The normalized spacial score (nSPS) is 13.2. The topological polar surface area (TPSA) is 30.9 Å². The van der Waals surface area contributed by atoms with Gasteiger partial charge in [0.2, 0.25) is 0 Å². The molecule has 0 saturated carbocycles. The van der Waals surface area contributed by atoms with E-state index in [1.54, 1.807) is 0 Å². The Bertz CT molecular complexity index is 497. The summed E-state index contributed by atoms with van der Waals surface area (Å²) in [5.74, 6) is 0.551. The van der Waals surface area contributed by atoms with Crippen molar-refractivity contribution >= 4 is 10.9 Å². The number of aryl methyl sites for hydroxylation is 2. The first-order valence-electron chi connectivity index (χ1n) is 5.89. The molecule has 1 aromatic carbocycles. The van der Waals surface area contributed by atoms with Gasteiger partial charge in [0.25, 0.3) is 0 Å². The SMILES string of the molecule is Cc1cc2cc(C(C)CCN)ccc2n1C. The maximum Gasteiger partial charge on any atom is 0.0479 e. The number of rotatable bonds is 3. The third kappa shape index (κ3) is 1.85. The van der Waals surface area contributed by atoms with E-state index in [-0.39, 0.29) is 0 Å². The molecule has 2 nitrogen and oxygen atoms in total. The second kappa shape index (κ2) is 4.30. The van der Waals surface area contributed by atoms with E-state index < -0.39 is 0 Å². The molecule has 1 atom stereocenters. The molecule has 0 aliphatic carbocycles. The van der Waals surface area contributed by atoms with Crippen LogP contribution >= 0.6 is 0 Å². The molecule has 2 heteroatoms. The van der Waals surface area contributed by atoms with Crippen molar-refractivity contribution in [3.8, 4) is 0 Å². The maximum absolute atomic E-state index is 5.60. The largest absolute Gasteiger partial charge is 0.348 e. The first-order chi connectivity index (χ1) is 7.63. The molecule has 2 N–H and O–H groups in total. The quantitative estimate of drug-likeness (QED) is 0.840. The van der Waals surface area contributed by atoms with Gasteiger partial charge in [-0.15, -0.1) is 0 Å². The van der Waals surface area contributed by atoms with Crippen molar-refractivity contribution in [2.75, 3.05) is 6.54 Å². The molecule has 0 spiro atoms. The van der Waals surface area contributed by atoms with Crippen molar-refractivity contribution in [1.29, 1.82) is 0 Å². The number of aromatic nitrogens is 1. The molecule has 16 heavy (non-hydrogen) atoms. The molecule has 1 heterocycles. The molecule has 1 aromatic heterocycles. The van der Waals surface area contributed by atoms with E-state index in [4.69, 9.17) is 5.73 Å². The minimum Gasteiger partial charge on any atom is -0.348 e. The van der Waals surface area contributed by atoms with Gasteiger partial charge in [-0.2, -0.15) is 0 Å². The van der Waals surface area contributed by atoms with Crippen molar-refractivity contribution in [3.63, 3.8) is 0 Å². The maximum atomic E-state index is 5.60. The summed E-state index contributed by atoms with van der Waals surface area (Å²) < 4.78 is 2.23. The molecule has 86 valence electrons. The van der Waals surface area contributed by atoms with Gasteiger partial charge in [0, 0.05) is 23.6 Å². The van der Waals surface area contributed by atoms with Crippen LogP contribution in [0.1, 0.15) is 30.5 Å². The fourth-order valence-corrected chi connectivity index (χ4v) is 2.23. The van der Waals surface area contributed by atoms with Gasteiger partial charge in [-0.3, -0.25) is 0 Å². The lowest BCUT2D eigenvalue weighted by molar-refractivity contribution is 0.691. The van der Waals surface area contributed by atoms with Gasteiger partial charge in [0.1, 0.15) is 0 Å². The predicted octanol–water partition coefficient (Wildman–Crippen LogP) is 2.94. The van der Waals surface area contributed by atoms with Gasteiger partial charge < -0.3 is 10.3 Å². The lowest BCUT2D eigenvalue weighted by Crippen LogP contribution is -2.04. The molecule has 1 unspecified atom stereocenters. The van der Waals surface area contributed by atoms with Crippen LogP contribution in [-0.2, 0) is 7.05 Å². The van der Waals surface area contributed by atoms with Gasteiger partial charge in [-0.25, -0.2) is 0 Å². The first kappa shape index (κ1) is 11.2. The fraction of sp³-hybridized carbons (Fsp3) is 0.429. The van der Waals surface area contributed by atoms with E-state index in [2.05, 4.69) is 49.7 Å². The second-order valence-electron chi connectivity index (χ2n) is 4.64. The summed E-state index contributed by atoms with van der Waals surface area (Å²) in [4.78, 5) is 0. The zero-order valence-corrected chi connectivity index (χ0v) is 10.3. The number of benzene rings is 1. The van der Waals surface area contributed by atoms with E-state index in [0.717, 1.165) is 13.0 Å². The van der Waals surface area contributed by atoms with Crippen LogP contribution in [0.3, 0.4) is 0 Å². The standard InChI is InChI=1S/C14H20N2/c1-10(6-7-15)12-4-5-14-13(9-12)8-11(2)16(14)3/h4-5,8-10H,6-7,15H2,1-3H3. The minimum atomic E-state index is 0.551. The highest BCUT2D eigenvalue weighted by molar-refractivity contribution is 5.82. The molecule has 0 aliphatic rings. The van der Waals surface area contributed by atoms with E-state index in [1.807, 2.05) is 0 Å². The highest BCUT2D eigenvalue weighted by atomic mass is 14.9. The van der Waals surface area contributed by atoms with Crippen LogP contribution in [0.25, 0.3) is 10.9 Å². The molecule has 2 rings (SSSR count). The summed E-state index contributed by atoms with van der Waals surface area (Å²) in [5.41, 5.74) is 9.61. The van der Waals surface area contributed by atoms with Gasteiger partial charge in [0.05, 0.1) is 0 Å². The van der Waals surface area contributed by atoms with Crippen LogP contribution in [0.5, 0.6) is 0 Å². The van der Waals surface area contributed by atoms with Gasteiger partial charge >= 0.3 is 0 Å². The van der Waals surface area contributed by atoms with Crippen molar-refractivity contribution in [1.82, 2.24) is 4.57 Å². The third-order valence-corrected chi connectivity index (χ3v) is 3.48. The van der Waals surface area contributed by atoms with Crippen molar-refractivity contribution in [2.45, 2.75) is 26.2 Å². The van der Waals surface area contributed by atoms with E-state index in [9.17, 15) is 0 Å². The number of hydrogen-bond acceptors (Lipinski definition) is 1. The highest BCUT2D eigenvalue weighted by Gasteiger charge is 2.07. The molecule has 2 aromatic rings. The summed E-state index contributed by atoms with van der Waals surface area (Å²) in [5, 5.41) is 1.33.